The normalized spacial score (nSPS) is 47.0. The zero-order valence-corrected chi connectivity index (χ0v) is 52.7. The molecule has 6 aliphatic heterocycles. The molecule has 6 heterocycles. The number of azide groups is 2. The summed E-state index contributed by atoms with van der Waals surface area (Å²) in [6.45, 7) is -4.19. The molecule has 568 valence electrons. The van der Waals surface area contributed by atoms with Crippen LogP contribution in [0.5, 0.6) is 0 Å². The van der Waals surface area contributed by atoms with Crippen molar-refractivity contribution < 1.29 is 153 Å². The van der Waals surface area contributed by atoms with Crippen LogP contribution < -0.4 is 56.9 Å². The van der Waals surface area contributed by atoms with Crippen LogP contribution in [0.3, 0.4) is 0 Å². The van der Waals surface area contributed by atoms with E-state index in [1.54, 1.807) is 0 Å². The first-order valence-electron chi connectivity index (χ1n) is 31.6. The van der Waals surface area contributed by atoms with Gasteiger partial charge in [-0.15, -0.1) is 0 Å². The molecule has 8 rings (SSSR count). The molecule has 6 saturated heterocycles. The SMILES string of the molecule is NCC1OC(OC2C(CO)OC(OC3C(O)C(N)CC(N)C3OC3OC(CO)C(O)C(O)C3N)C2O)C(N)C(O)C1O.[2H]B=NOC(=O)CN=[N+]=[N-].[N-]=[N+]=NCC(=O)NCC1OC(OC2C(CO)OC(OC3C(O)C(N)CC(N)C3OC3OC(CO)C(O)C(O)C3N)C2O)C(N)C(O)C1O. The van der Waals surface area contributed by atoms with Gasteiger partial charge in [0.2, 0.25) is 5.91 Å². The van der Waals surface area contributed by atoms with Gasteiger partial charge in [0.15, 0.2) is 37.7 Å². The maximum atomic E-state index is 11.8. The van der Waals surface area contributed by atoms with Gasteiger partial charge < -0.3 is 195 Å². The van der Waals surface area contributed by atoms with Gasteiger partial charge in [0.1, 0.15) is 141 Å². The second-order valence-electron chi connectivity index (χ2n) is 24.3. The Hall–Kier alpha value is -4.06. The van der Waals surface area contributed by atoms with Crippen molar-refractivity contribution in [2.24, 2.45) is 66.9 Å². The predicted molar refractivity (Wildman–Crippen MR) is 320 cm³/mol. The van der Waals surface area contributed by atoms with Crippen molar-refractivity contribution in [1.29, 1.82) is 1.34 Å². The van der Waals surface area contributed by atoms with Gasteiger partial charge in [-0.1, -0.05) is 5.11 Å². The van der Waals surface area contributed by atoms with Crippen molar-refractivity contribution >= 4 is 19.5 Å². The molecule has 2 saturated carbocycles. The van der Waals surface area contributed by atoms with Crippen LogP contribution in [0.4, 0.5) is 0 Å². The second kappa shape index (κ2) is 38.6. The van der Waals surface area contributed by atoms with E-state index in [0.717, 1.165) is 0 Å². The molecule has 2 aliphatic carbocycles. The topological polar surface area (TPSA) is 834 Å². The van der Waals surface area contributed by atoms with Crippen LogP contribution in [-0.2, 0) is 71.3 Å². The number of nitrogens with zero attached hydrogens (tertiary/aromatic N) is 7. The zero-order valence-electron chi connectivity index (χ0n) is 53.7. The maximum Gasteiger partial charge on any atom is 0.225 e. The predicted octanol–water partition coefficient (Wildman–Crippen LogP) is -17.4. The zero-order chi connectivity index (χ0) is 74.3. The molecule has 0 aromatic carbocycles. The Labute approximate surface area is 563 Å². The first-order chi connectivity index (χ1) is 47.4. The molecule has 0 aromatic rings. The van der Waals surface area contributed by atoms with Crippen LogP contribution >= 0.6 is 0 Å². The second-order valence-corrected chi connectivity index (χ2v) is 24.3. The Kier molecular flexibility index (Phi) is 32.1. The third-order valence-electron chi connectivity index (χ3n) is 17.6. The number of carbonyl (C=O) groups is 2. The summed E-state index contributed by atoms with van der Waals surface area (Å²) in [5.74, 6) is -1.49. The van der Waals surface area contributed by atoms with Crippen LogP contribution in [0.25, 0.3) is 20.9 Å². The van der Waals surface area contributed by atoms with Crippen molar-refractivity contribution in [2.75, 3.05) is 52.6 Å². The summed E-state index contributed by atoms with van der Waals surface area (Å²) in [4.78, 5) is 30.9. The third-order valence-corrected chi connectivity index (χ3v) is 17.6. The molecule has 35 N–H and O–H groups in total. The summed E-state index contributed by atoms with van der Waals surface area (Å²) >= 11 is 0. The number of nitrogens with two attached hydrogens (primary N) is 9. The molecule has 0 radical (unpaired) electrons. The molecular weight excluding hydrogens is 1350 g/mol. The number of hydrogen-bond donors (Lipinski definition) is 26. The first kappa shape index (κ1) is 82.2. The summed E-state index contributed by atoms with van der Waals surface area (Å²) in [5.41, 5.74) is 70.4. The van der Waals surface area contributed by atoms with Crippen LogP contribution in [0.15, 0.2) is 15.3 Å². The van der Waals surface area contributed by atoms with E-state index in [1.807, 2.05) is 0 Å². The third kappa shape index (κ3) is 20.3. The monoisotopic (exact) mass is 1440 g/mol. The average molecular weight is 1440 g/mol. The maximum absolute atomic E-state index is 11.8. The Bertz CT molecular complexity index is 2660. The molecule has 8 aliphatic rings. The number of nitrogens with one attached hydrogen (secondary N) is 1. The van der Waals surface area contributed by atoms with E-state index >= 15 is 0 Å². The van der Waals surface area contributed by atoms with Crippen LogP contribution in [0.1, 0.15) is 12.8 Å². The molecule has 99 heavy (non-hydrogen) atoms. The van der Waals surface area contributed by atoms with Crippen LogP contribution in [0, 0.1) is 0 Å². The standard InChI is InChI=1S/C25H46N8O15.C23H45N5O14.C2H3BN4O2/c26-6-1-7(27)20(46-24-13(29)18(41)16(39)9(4-34)44-24)22(14(6)37)48-25-19(42)21(10(5-35)45-25)47-23-12(28)17(40)15(38)8(43-23)2-31-11(36)3-32-33-30;24-2-7-13(32)15(34)10(27)21(37-7)41-19-9(4-30)39-23(17(19)36)42-20-12(31)5(25)1-6(26)18(20)40-22-11(28)16(35)14(33)8(3-29)38-22;3-6-9-2(8)1-5-7-4/h6-10,12-25,34-35,37-42H,1-5,26-29H2,(H,31,36);5-23,29-36H,1-4,24-28H2;3H,1H2/i;;3D. The van der Waals surface area contributed by atoms with E-state index in [0.29, 0.717) is 7.60 Å². The molecule has 8 fully saturated rings. The van der Waals surface area contributed by atoms with Crippen molar-refractivity contribution in [2.45, 2.75) is 245 Å². The summed E-state index contributed by atoms with van der Waals surface area (Å²) in [6, 6.07) is -8.86. The van der Waals surface area contributed by atoms with E-state index in [4.69, 9.17) is 121 Å². The number of aliphatic hydroxyl groups excluding tert-OH is 16. The average Bonchev–Trinajstić information content (AvgIpc) is 1.42. The summed E-state index contributed by atoms with van der Waals surface area (Å²) in [7, 11) is 0.563. The minimum atomic E-state index is -1.71. The molecule has 0 spiro atoms. The minimum absolute atomic E-state index is 0.0274. The van der Waals surface area contributed by atoms with E-state index in [1.165, 1.54) is 0 Å². The molecule has 0 aromatic heterocycles. The Morgan fingerprint density at radius 3 is 1.12 bits per heavy atom. The smallest absolute Gasteiger partial charge is 0.225 e. The van der Waals surface area contributed by atoms with Gasteiger partial charge in [-0.25, -0.2) is 0 Å². The number of carbonyl (C=O) groups excluding carboxylic acids is 2. The number of rotatable bonds is 24. The molecule has 1 amide bonds. The van der Waals surface area contributed by atoms with Crippen LogP contribution in [0.2, 0.25) is 0 Å². The van der Waals surface area contributed by atoms with Gasteiger partial charge in [0, 0.05) is 42.2 Å². The molecule has 38 atom stereocenters. The van der Waals surface area contributed by atoms with E-state index in [-0.39, 0.29) is 25.9 Å². The first-order valence-corrected chi connectivity index (χ1v) is 31.0. The van der Waals surface area contributed by atoms with Crippen molar-refractivity contribution in [3.05, 3.63) is 20.9 Å². The fourth-order valence-corrected chi connectivity index (χ4v) is 11.9. The molecular formula is C50H94BN17O31. The molecule has 38 unspecified atom stereocenters. The summed E-state index contributed by atoms with van der Waals surface area (Å²) in [6.07, 6.45) is -42.5. The molecule has 0 bridgehead atoms. The fourth-order valence-electron chi connectivity index (χ4n) is 11.9. The number of aliphatic hydroxyl groups is 16. The van der Waals surface area contributed by atoms with Crippen molar-refractivity contribution in [3.8, 4) is 0 Å². The van der Waals surface area contributed by atoms with Gasteiger partial charge >= 0.3 is 51.7 Å². The van der Waals surface area contributed by atoms with Crippen molar-refractivity contribution in [1.82, 2.24) is 5.32 Å². The number of ether oxygens (including phenoxy) is 12. The minimum Gasteiger partial charge on any atom is -0.394 e. The van der Waals surface area contributed by atoms with Gasteiger partial charge in [-0.2, -0.15) is 0 Å². The Morgan fingerprint density at radius 1 is 0.434 bits per heavy atom. The van der Waals surface area contributed by atoms with Crippen molar-refractivity contribution in [3.63, 3.8) is 0 Å². The van der Waals surface area contributed by atoms with Gasteiger partial charge in [0.25, 0.3) is 0 Å². The van der Waals surface area contributed by atoms with E-state index in [9.17, 15) is 91.3 Å². The van der Waals surface area contributed by atoms with Gasteiger partial charge in [0.05, 0.1) is 62.8 Å². The quantitative estimate of drug-likeness (QED) is 0.0140. The largest absolute Gasteiger partial charge is 0.394 e. The van der Waals surface area contributed by atoms with Crippen LogP contribution in [-0.4, -0.2) is 388 Å². The Morgan fingerprint density at radius 2 is 0.758 bits per heavy atom. The van der Waals surface area contributed by atoms with E-state index in [2.05, 4.69) is 35.3 Å². The summed E-state index contributed by atoms with van der Waals surface area (Å²) in [5, 5.41) is 177. The molecule has 48 nitrogen and oxygen atoms in total. The summed E-state index contributed by atoms with van der Waals surface area (Å²) < 4.78 is 75.3. The molecule has 49 heteroatoms. The van der Waals surface area contributed by atoms with Gasteiger partial charge in [-0.05, 0) is 18.4 Å². The van der Waals surface area contributed by atoms with Gasteiger partial charge in [-0.3, -0.25) is 4.79 Å². The number of amides is 1. The Balaban J connectivity index is 0.000000278. The fraction of sp³-hybridized carbons (Fsp3) is 0.960. The van der Waals surface area contributed by atoms with E-state index < -0.39 is 284 Å². The number of hydrogen-bond acceptors (Lipinski definition) is 43.